The van der Waals surface area contributed by atoms with Gasteiger partial charge in [0.2, 0.25) is 0 Å². The second-order valence-corrected chi connectivity index (χ2v) is 4.89. The van der Waals surface area contributed by atoms with Gasteiger partial charge in [0.25, 0.3) is 0 Å². The molecule has 0 aromatic heterocycles. The van der Waals surface area contributed by atoms with Crippen molar-refractivity contribution in [3.63, 3.8) is 0 Å². The summed E-state index contributed by atoms with van der Waals surface area (Å²) in [5, 5.41) is 10.1. The van der Waals surface area contributed by atoms with Crippen molar-refractivity contribution >= 4 is 22.6 Å². The number of ether oxygens (including phenoxy) is 1. The summed E-state index contributed by atoms with van der Waals surface area (Å²) in [5.41, 5.74) is 1.02. The number of methoxy groups -OCH3 is 1. The summed E-state index contributed by atoms with van der Waals surface area (Å²) in [6.07, 6.45) is 0.482. The van der Waals surface area contributed by atoms with Crippen LogP contribution in [-0.2, 0) is 4.74 Å². The van der Waals surface area contributed by atoms with Gasteiger partial charge in [0.15, 0.2) is 0 Å². The fraction of sp³-hybridized carbons (Fsp3) is 0.500. The van der Waals surface area contributed by atoms with E-state index in [0.717, 1.165) is 15.6 Å². The first-order chi connectivity index (χ1) is 7.16. The molecule has 0 heterocycles. The highest BCUT2D eigenvalue weighted by Crippen LogP contribution is 2.27. The van der Waals surface area contributed by atoms with Gasteiger partial charge in [-0.25, -0.2) is 0 Å². The molecule has 0 aliphatic rings. The molecule has 84 valence electrons. The number of hydrogen-bond acceptors (Lipinski definition) is 2. The van der Waals surface area contributed by atoms with Gasteiger partial charge in [-0.3, -0.25) is 0 Å². The first-order valence-corrected chi connectivity index (χ1v) is 6.16. The zero-order valence-electron chi connectivity index (χ0n) is 9.11. The average molecular weight is 320 g/mol. The molecule has 0 aliphatic heterocycles. The molecule has 1 aromatic rings. The Labute approximate surface area is 105 Å². The Morgan fingerprint density at radius 3 is 2.67 bits per heavy atom. The van der Waals surface area contributed by atoms with Gasteiger partial charge in [0, 0.05) is 17.3 Å². The van der Waals surface area contributed by atoms with Gasteiger partial charge in [0.1, 0.15) is 0 Å². The van der Waals surface area contributed by atoms with Crippen LogP contribution in [0.5, 0.6) is 0 Å². The van der Waals surface area contributed by atoms with E-state index in [2.05, 4.69) is 22.6 Å². The maximum Gasteiger partial charge on any atom is 0.0826 e. The van der Waals surface area contributed by atoms with Gasteiger partial charge < -0.3 is 9.84 Å². The minimum Gasteiger partial charge on any atom is -0.388 e. The van der Waals surface area contributed by atoms with Crippen LogP contribution in [0.3, 0.4) is 0 Å². The second-order valence-electron chi connectivity index (χ2n) is 3.73. The number of aliphatic hydroxyl groups excluding tert-OH is 1. The normalized spacial score (nSPS) is 14.9. The molecule has 0 saturated heterocycles. The van der Waals surface area contributed by atoms with Crippen molar-refractivity contribution in [1.29, 1.82) is 0 Å². The molecule has 0 radical (unpaired) electrons. The lowest BCUT2D eigenvalue weighted by atomic mass is 9.95. The third-order valence-corrected chi connectivity index (χ3v) is 3.52. The van der Waals surface area contributed by atoms with Gasteiger partial charge in [-0.1, -0.05) is 25.1 Å². The molecule has 0 aliphatic carbocycles. The van der Waals surface area contributed by atoms with E-state index in [1.165, 1.54) is 0 Å². The first kappa shape index (κ1) is 12.9. The maximum atomic E-state index is 10.1. The molecular formula is C12H17IO2. The molecule has 0 fully saturated rings. The summed E-state index contributed by atoms with van der Waals surface area (Å²) in [6.45, 7) is 2.74. The van der Waals surface area contributed by atoms with E-state index in [-0.39, 0.29) is 5.92 Å². The molecule has 1 rings (SSSR count). The molecule has 2 atom stereocenters. The Kier molecular flexibility index (Phi) is 5.56. The summed E-state index contributed by atoms with van der Waals surface area (Å²) in [4.78, 5) is 0. The predicted octanol–water partition coefficient (Wildman–Crippen LogP) is 3.00. The van der Waals surface area contributed by atoms with Gasteiger partial charge in [0.05, 0.1) is 6.10 Å². The van der Waals surface area contributed by atoms with Crippen LogP contribution in [0.15, 0.2) is 24.3 Å². The lowest BCUT2D eigenvalue weighted by molar-refractivity contribution is 0.0880. The summed E-state index contributed by atoms with van der Waals surface area (Å²) in [6, 6.07) is 7.94. The van der Waals surface area contributed by atoms with E-state index in [0.29, 0.717) is 6.61 Å². The molecular weight excluding hydrogens is 303 g/mol. The summed E-state index contributed by atoms with van der Waals surface area (Å²) in [5.74, 6) is 0.223. The van der Waals surface area contributed by atoms with E-state index in [4.69, 9.17) is 4.74 Å². The minimum atomic E-state index is -0.395. The van der Waals surface area contributed by atoms with Crippen LogP contribution in [0.2, 0.25) is 0 Å². The van der Waals surface area contributed by atoms with Crippen LogP contribution < -0.4 is 0 Å². The third-order valence-electron chi connectivity index (χ3n) is 2.54. The summed E-state index contributed by atoms with van der Waals surface area (Å²) >= 11 is 2.26. The molecule has 1 aromatic carbocycles. The number of rotatable bonds is 5. The number of halogens is 1. The fourth-order valence-corrected chi connectivity index (χ4v) is 2.19. The van der Waals surface area contributed by atoms with Crippen molar-refractivity contribution in [3.05, 3.63) is 33.4 Å². The van der Waals surface area contributed by atoms with Crippen LogP contribution >= 0.6 is 22.6 Å². The van der Waals surface area contributed by atoms with Crippen molar-refractivity contribution in [2.45, 2.75) is 19.4 Å². The SMILES string of the molecule is COCCC(C)C(O)c1ccccc1I. The molecule has 0 bridgehead atoms. The van der Waals surface area contributed by atoms with Gasteiger partial charge in [-0.2, -0.15) is 0 Å². The Hall–Kier alpha value is -0.130. The highest BCUT2D eigenvalue weighted by atomic mass is 127. The van der Waals surface area contributed by atoms with Crippen LogP contribution in [0.4, 0.5) is 0 Å². The minimum absolute atomic E-state index is 0.223. The topological polar surface area (TPSA) is 29.5 Å². The molecule has 0 amide bonds. The Bertz CT molecular complexity index is 301. The van der Waals surface area contributed by atoms with E-state index in [1.807, 2.05) is 31.2 Å². The van der Waals surface area contributed by atoms with Crippen molar-refractivity contribution in [1.82, 2.24) is 0 Å². The Morgan fingerprint density at radius 2 is 2.07 bits per heavy atom. The van der Waals surface area contributed by atoms with Crippen molar-refractivity contribution in [2.75, 3.05) is 13.7 Å². The van der Waals surface area contributed by atoms with E-state index >= 15 is 0 Å². The lowest BCUT2D eigenvalue weighted by Gasteiger charge is -2.19. The molecule has 2 unspecified atom stereocenters. The number of aliphatic hydroxyl groups is 1. The summed E-state index contributed by atoms with van der Waals surface area (Å²) in [7, 11) is 1.69. The van der Waals surface area contributed by atoms with Crippen LogP contribution in [0.1, 0.15) is 25.0 Å². The van der Waals surface area contributed by atoms with Crippen LogP contribution in [0.25, 0.3) is 0 Å². The quantitative estimate of drug-likeness (QED) is 0.845. The van der Waals surface area contributed by atoms with E-state index in [1.54, 1.807) is 7.11 Å². The first-order valence-electron chi connectivity index (χ1n) is 5.08. The Balaban J connectivity index is 2.67. The fourth-order valence-electron chi connectivity index (χ4n) is 1.48. The largest absolute Gasteiger partial charge is 0.388 e. The standard InChI is InChI=1S/C12H17IO2/c1-9(7-8-15-2)12(14)10-5-3-4-6-11(10)13/h3-6,9,12,14H,7-8H2,1-2H3. The Morgan fingerprint density at radius 1 is 1.40 bits per heavy atom. The predicted molar refractivity (Wildman–Crippen MR) is 69.8 cm³/mol. The van der Waals surface area contributed by atoms with E-state index in [9.17, 15) is 5.11 Å². The van der Waals surface area contributed by atoms with E-state index < -0.39 is 6.10 Å². The molecule has 3 heteroatoms. The number of hydrogen-bond donors (Lipinski definition) is 1. The van der Waals surface area contributed by atoms with Crippen molar-refractivity contribution in [2.24, 2.45) is 5.92 Å². The monoisotopic (exact) mass is 320 g/mol. The third kappa shape index (κ3) is 3.74. The molecule has 2 nitrogen and oxygen atoms in total. The van der Waals surface area contributed by atoms with Gasteiger partial charge in [-0.15, -0.1) is 0 Å². The van der Waals surface area contributed by atoms with Gasteiger partial charge in [-0.05, 0) is 46.6 Å². The molecule has 15 heavy (non-hydrogen) atoms. The highest BCUT2D eigenvalue weighted by molar-refractivity contribution is 14.1. The number of benzene rings is 1. The molecule has 1 N–H and O–H groups in total. The molecule has 0 spiro atoms. The van der Waals surface area contributed by atoms with Crippen LogP contribution in [0, 0.1) is 9.49 Å². The molecule has 0 saturated carbocycles. The average Bonchev–Trinajstić information content (AvgIpc) is 2.25. The zero-order valence-corrected chi connectivity index (χ0v) is 11.3. The zero-order chi connectivity index (χ0) is 11.3. The van der Waals surface area contributed by atoms with Crippen molar-refractivity contribution in [3.8, 4) is 0 Å². The van der Waals surface area contributed by atoms with Gasteiger partial charge >= 0.3 is 0 Å². The van der Waals surface area contributed by atoms with Crippen molar-refractivity contribution < 1.29 is 9.84 Å². The highest BCUT2D eigenvalue weighted by Gasteiger charge is 2.17. The maximum absolute atomic E-state index is 10.1. The summed E-state index contributed by atoms with van der Waals surface area (Å²) < 4.78 is 6.13. The second kappa shape index (κ2) is 6.45. The van der Waals surface area contributed by atoms with Crippen LogP contribution in [-0.4, -0.2) is 18.8 Å². The smallest absolute Gasteiger partial charge is 0.0826 e. The lowest BCUT2D eigenvalue weighted by Crippen LogP contribution is -2.12.